The summed E-state index contributed by atoms with van der Waals surface area (Å²) in [6.07, 6.45) is 1.70. The van der Waals surface area contributed by atoms with Crippen LogP contribution in [0, 0.1) is 17.2 Å². The van der Waals surface area contributed by atoms with E-state index in [-0.39, 0.29) is 29.1 Å². The van der Waals surface area contributed by atoms with Gasteiger partial charge in [-0.1, -0.05) is 18.2 Å². The van der Waals surface area contributed by atoms with Gasteiger partial charge in [-0.05, 0) is 42.0 Å². The number of nitrogens with one attached hydrogen (secondary N) is 2. The molecule has 27 heavy (non-hydrogen) atoms. The zero-order chi connectivity index (χ0) is 18.9. The number of halogens is 1. The Morgan fingerprint density at radius 3 is 2.89 bits per heavy atom. The molecule has 7 heteroatoms. The lowest BCUT2D eigenvalue weighted by atomic mass is 10.0. The van der Waals surface area contributed by atoms with E-state index in [0.717, 1.165) is 23.3 Å². The van der Waals surface area contributed by atoms with Gasteiger partial charge in [-0.3, -0.25) is 4.79 Å². The Morgan fingerprint density at radius 1 is 1.22 bits per heavy atom. The second-order valence-corrected chi connectivity index (χ2v) is 8.41. The Labute approximate surface area is 161 Å². The number of urea groups is 1. The standard InChI is InChI=1S/C20H22FN3O2S/c21-15-4-1-3-14(9-15)11-23-19(26)24-7-6-20(13-24)10-17(20)18(25)22-12-16-5-2-8-27-16/h1-5,8-9,17H,6-7,10-13H2,(H,22,25)(H,23,26)/t17-,20-/m0/s1. The maximum absolute atomic E-state index is 13.2. The van der Waals surface area contributed by atoms with Crippen LogP contribution in [-0.2, 0) is 17.9 Å². The van der Waals surface area contributed by atoms with Crippen molar-refractivity contribution in [3.05, 3.63) is 58.0 Å². The zero-order valence-corrected chi connectivity index (χ0v) is 15.7. The van der Waals surface area contributed by atoms with Crippen molar-refractivity contribution in [2.45, 2.75) is 25.9 Å². The number of carbonyl (C=O) groups excluding carboxylic acids is 2. The van der Waals surface area contributed by atoms with Gasteiger partial charge in [-0.15, -0.1) is 11.3 Å². The molecule has 0 bridgehead atoms. The molecule has 2 N–H and O–H groups in total. The fourth-order valence-electron chi connectivity index (χ4n) is 3.89. The van der Waals surface area contributed by atoms with Crippen LogP contribution in [0.25, 0.3) is 0 Å². The molecule has 2 heterocycles. The number of nitrogens with zero attached hydrogens (tertiary/aromatic N) is 1. The van der Waals surface area contributed by atoms with Crippen LogP contribution in [0.2, 0.25) is 0 Å². The number of rotatable bonds is 5. The number of amides is 3. The molecular formula is C20H22FN3O2S. The first-order valence-corrected chi connectivity index (χ1v) is 10.0. The third-order valence-corrected chi connectivity index (χ3v) is 6.40. The van der Waals surface area contributed by atoms with Gasteiger partial charge in [0.1, 0.15) is 5.82 Å². The zero-order valence-electron chi connectivity index (χ0n) is 14.9. The highest BCUT2D eigenvalue weighted by Crippen LogP contribution is 2.58. The van der Waals surface area contributed by atoms with E-state index in [1.165, 1.54) is 12.1 Å². The van der Waals surface area contributed by atoms with Crippen molar-refractivity contribution < 1.29 is 14.0 Å². The number of thiophene rings is 1. The molecule has 142 valence electrons. The molecule has 1 aliphatic heterocycles. The first kappa shape index (κ1) is 18.0. The van der Waals surface area contributed by atoms with Gasteiger partial charge in [-0.2, -0.15) is 0 Å². The van der Waals surface area contributed by atoms with Crippen molar-refractivity contribution in [3.63, 3.8) is 0 Å². The van der Waals surface area contributed by atoms with Crippen LogP contribution in [0.3, 0.4) is 0 Å². The van der Waals surface area contributed by atoms with E-state index < -0.39 is 0 Å². The molecule has 4 rings (SSSR count). The second-order valence-electron chi connectivity index (χ2n) is 7.38. The largest absolute Gasteiger partial charge is 0.351 e. The Bertz CT molecular complexity index is 842. The van der Waals surface area contributed by atoms with E-state index in [1.54, 1.807) is 28.4 Å². The fourth-order valence-corrected chi connectivity index (χ4v) is 4.53. The van der Waals surface area contributed by atoms with E-state index in [4.69, 9.17) is 0 Å². The highest BCUT2D eigenvalue weighted by Gasteiger charge is 2.61. The van der Waals surface area contributed by atoms with E-state index in [9.17, 15) is 14.0 Å². The third-order valence-electron chi connectivity index (χ3n) is 5.53. The number of hydrogen-bond acceptors (Lipinski definition) is 3. The summed E-state index contributed by atoms with van der Waals surface area (Å²) in [5, 5.41) is 7.85. The van der Waals surface area contributed by atoms with Crippen molar-refractivity contribution in [2.24, 2.45) is 11.3 Å². The van der Waals surface area contributed by atoms with Gasteiger partial charge in [-0.25, -0.2) is 9.18 Å². The maximum Gasteiger partial charge on any atom is 0.317 e. The third kappa shape index (κ3) is 3.98. The van der Waals surface area contributed by atoms with Crippen molar-refractivity contribution >= 4 is 23.3 Å². The van der Waals surface area contributed by atoms with Crippen LogP contribution in [0.15, 0.2) is 41.8 Å². The number of likely N-dealkylation sites (tertiary alicyclic amines) is 1. The summed E-state index contributed by atoms with van der Waals surface area (Å²) < 4.78 is 13.2. The summed E-state index contributed by atoms with van der Waals surface area (Å²) in [7, 11) is 0. The van der Waals surface area contributed by atoms with Crippen molar-refractivity contribution in [2.75, 3.05) is 13.1 Å². The molecule has 5 nitrogen and oxygen atoms in total. The van der Waals surface area contributed by atoms with Crippen LogP contribution < -0.4 is 10.6 Å². The molecule has 2 aromatic rings. The first-order valence-electron chi connectivity index (χ1n) is 9.13. The highest BCUT2D eigenvalue weighted by atomic mass is 32.1. The van der Waals surface area contributed by atoms with Crippen LogP contribution in [0.5, 0.6) is 0 Å². The molecule has 3 amide bonds. The lowest BCUT2D eigenvalue weighted by molar-refractivity contribution is -0.123. The minimum absolute atomic E-state index is 0.00141. The molecule has 0 radical (unpaired) electrons. The fraction of sp³-hybridized carbons (Fsp3) is 0.400. The van der Waals surface area contributed by atoms with Crippen molar-refractivity contribution in [1.82, 2.24) is 15.5 Å². The SMILES string of the molecule is O=C(NCc1cccs1)[C@@H]1C[C@]12CCN(C(=O)NCc1cccc(F)c1)C2. The van der Waals surface area contributed by atoms with Crippen molar-refractivity contribution in [3.8, 4) is 0 Å². The van der Waals surface area contributed by atoms with E-state index >= 15 is 0 Å². The maximum atomic E-state index is 13.2. The number of carbonyl (C=O) groups is 2. The van der Waals surface area contributed by atoms with Gasteiger partial charge in [0.15, 0.2) is 0 Å². The van der Waals surface area contributed by atoms with E-state index in [0.29, 0.717) is 26.2 Å². The average molecular weight is 387 g/mol. The summed E-state index contributed by atoms with van der Waals surface area (Å²) in [5.41, 5.74) is 0.671. The Kier molecular flexibility index (Phi) is 4.86. The molecule has 1 saturated carbocycles. The topological polar surface area (TPSA) is 61.4 Å². The quantitative estimate of drug-likeness (QED) is 0.828. The summed E-state index contributed by atoms with van der Waals surface area (Å²) >= 11 is 1.63. The van der Waals surface area contributed by atoms with Gasteiger partial charge in [0, 0.05) is 35.8 Å². The first-order chi connectivity index (χ1) is 13.1. The Hall–Kier alpha value is -2.41. The minimum atomic E-state index is -0.309. The smallest absolute Gasteiger partial charge is 0.317 e. The molecule has 1 spiro atoms. The van der Waals surface area contributed by atoms with Crippen LogP contribution in [0.1, 0.15) is 23.3 Å². The molecular weight excluding hydrogens is 365 g/mol. The average Bonchev–Trinajstić information content (AvgIpc) is 3.01. The summed E-state index contributed by atoms with van der Waals surface area (Å²) in [6.45, 7) is 2.13. The van der Waals surface area contributed by atoms with Gasteiger partial charge >= 0.3 is 6.03 Å². The van der Waals surface area contributed by atoms with Gasteiger partial charge < -0.3 is 15.5 Å². The number of benzene rings is 1. The second kappa shape index (κ2) is 7.31. The molecule has 1 aromatic heterocycles. The van der Waals surface area contributed by atoms with Gasteiger partial charge in [0.05, 0.1) is 6.54 Å². The van der Waals surface area contributed by atoms with Crippen molar-refractivity contribution in [1.29, 1.82) is 0 Å². The molecule has 1 aromatic carbocycles. The molecule has 1 aliphatic carbocycles. The molecule has 2 atom stereocenters. The highest BCUT2D eigenvalue weighted by molar-refractivity contribution is 7.09. The summed E-state index contributed by atoms with van der Waals surface area (Å²) in [6, 6.07) is 10.0. The number of hydrogen-bond donors (Lipinski definition) is 2. The monoisotopic (exact) mass is 387 g/mol. The lowest BCUT2D eigenvalue weighted by Crippen LogP contribution is -2.38. The molecule has 1 saturated heterocycles. The van der Waals surface area contributed by atoms with Crippen LogP contribution in [-0.4, -0.2) is 29.9 Å². The predicted molar refractivity (Wildman–Crippen MR) is 102 cm³/mol. The summed E-state index contributed by atoms with van der Waals surface area (Å²) in [5.74, 6) is -0.222. The molecule has 2 aliphatic rings. The Balaban J connectivity index is 1.25. The molecule has 2 fully saturated rings. The normalized spacial score (nSPS) is 23.4. The van der Waals surface area contributed by atoms with Crippen LogP contribution in [0.4, 0.5) is 9.18 Å². The minimum Gasteiger partial charge on any atom is -0.351 e. The Morgan fingerprint density at radius 2 is 2.11 bits per heavy atom. The summed E-state index contributed by atoms with van der Waals surface area (Å²) in [4.78, 5) is 27.7. The predicted octanol–water partition coefficient (Wildman–Crippen LogP) is 3.13. The van der Waals surface area contributed by atoms with E-state index in [1.807, 2.05) is 17.5 Å². The van der Waals surface area contributed by atoms with Gasteiger partial charge in [0.25, 0.3) is 0 Å². The van der Waals surface area contributed by atoms with Crippen LogP contribution >= 0.6 is 11.3 Å². The molecule has 0 unspecified atom stereocenters. The van der Waals surface area contributed by atoms with Gasteiger partial charge in [0.2, 0.25) is 5.91 Å². The van der Waals surface area contributed by atoms with E-state index in [2.05, 4.69) is 10.6 Å². The lowest BCUT2D eigenvalue weighted by Gasteiger charge is -2.17.